The summed E-state index contributed by atoms with van der Waals surface area (Å²) in [4.78, 5) is 28.8. The van der Waals surface area contributed by atoms with Crippen molar-refractivity contribution in [3.8, 4) is 11.5 Å². The zero-order chi connectivity index (χ0) is 33.0. The van der Waals surface area contributed by atoms with Gasteiger partial charge in [-0.1, -0.05) is 49.4 Å². The SMILES string of the molecule is COc1ccc(S(=O)(=O)N(C)C[C@@H]2Oc3c(NC(=O)Nc4cccc5ccccc45)cccc3C(=O)N([C@H](C)CO)C[C@@H]2C)cc1. The lowest BCUT2D eigenvalue weighted by Gasteiger charge is -2.38. The summed E-state index contributed by atoms with van der Waals surface area (Å²) in [5.74, 6) is -0.0960. The summed E-state index contributed by atoms with van der Waals surface area (Å²) in [6.45, 7) is 3.48. The van der Waals surface area contributed by atoms with E-state index >= 15 is 0 Å². The Balaban J connectivity index is 1.47. The molecule has 0 aromatic heterocycles. The number of rotatable bonds is 9. The van der Waals surface area contributed by atoms with Crippen LogP contribution >= 0.6 is 0 Å². The molecule has 0 unspecified atom stereocenters. The third-order valence-corrected chi connectivity index (χ3v) is 10.0. The van der Waals surface area contributed by atoms with Crippen molar-refractivity contribution in [2.24, 2.45) is 5.92 Å². The number of fused-ring (bicyclic) bond motifs is 2. The first kappa shape index (κ1) is 32.7. The first-order valence-corrected chi connectivity index (χ1v) is 16.3. The fourth-order valence-corrected chi connectivity index (χ4v) is 6.63. The summed E-state index contributed by atoms with van der Waals surface area (Å²) in [7, 11) is -0.943. The van der Waals surface area contributed by atoms with Crippen LogP contribution in [0.5, 0.6) is 11.5 Å². The number of nitrogens with one attached hydrogen (secondary N) is 2. The number of aliphatic hydroxyl groups is 1. The van der Waals surface area contributed by atoms with Gasteiger partial charge in [-0.15, -0.1) is 0 Å². The molecule has 3 amide bonds. The second-order valence-corrected chi connectivity index (χ2v) is 13.4. The standard InChI is InChI=1S/C34H38N4O7S/c1-22-19-38(23(2)21-39)33(40)28-12-8-14-30(36-34(41)35-29-13-7-10-24-9-5-6-11-27(24)29)32(28)45-31(22)20-37(3)46(42,43)26-17-15-25(44-4)16-18-26/h5-18,22-23,31,39H,19-21H2,1-4H3,(H2,35,36,41)/t22-,23+,31-/m0/s1. The summed E-state index contributed by atoms with van der Waals surface area (Å²) < 4.78 is 39.9. The Hall–Kier alpha value is -4.65. The maximum absolute atomic E-state index is 13.8. The number of aliphatic hydroxyl groups excluding tert-OH is 1. The van der Waals surface area contributed by atoms with Gasteiger partial charge in [0.25, 0.3) is 5.91 Å². The number of likely N-dealkylation sites (N-methyl/N-ethyl adjacent to an activating group) is 1. The van der Waals surface area contributed by atoms with Crippen LogP contribution < -0.4 is 20.1 Å². The number of ether oxygens (including phenoxy) is 2. The minimum Gasteiger partial charge on any atom is -0.497 e. The number of nitrogens with zero attached hydrogens (tertiary/aromatic N) is 2. The number of sulfonamides is 1. The van der Waals surface area contributed by atoms with Crippen molar-refractivity contribution in [1.29, 1.82) is 0 Å². The van der Waals surface area contributed by atoms with E-state index in [9.17, 15) is 23.1 Å². The van der Waals surface area contributed by atoms with Crippen LogP contribution in [0.1, 0.15) is 24.2 Å². The number of carbonyl (C=O) groups excluding carboxylic acids is 2. The largest absolute Gasteiger partial charge is 0.497 e. The molecule has 5 rings (SSSR count). The average Bonchev–Trinajstić information content (AvgIpc) is 3.06. The van der Waals surface area contributed by atoms with E-state index in [1.54, 1.807) is 48.2 Å². The molecule has 0 bridgehead atoms. The third-order valence-electron chi connectivity index (χ3n) is 8.18. The van der Waals surface area contributed by atoms with Gasteiger partial charge >= 0.3 is 6.03 Å². The van der Waals surface area contributed by atoms with Crippen LogP contribution in [0.2, 0.25) is 0 Å². The molecule has 3 atom stereocenters. The summed E-state index contributed by atoms with van der Waals surface area (Å²) in [6.07, 6.45) is -0.734. The van der Waals surface area contributed by atoms with Gasteiger partial charge < -0.3 is 30.1 Å². The van der Waals surface area contributed by atoms with Gasteiger partial charge in [0.15, 0.2) is 5.75 Å². The second kappa shape index (κ2) is 13.8. The first-order chi connectivity index (χ1) is 22.0. The molecule has 1 heterocycles. The van der Waals surface area contributed by atoms with Crippen LogP contribution in [0.3, 0.4) is 0 Å². The van der Waals surface area contributed by atoms with E-state index in [2.05, 4.69) is 10.6 Å². The lowest BCUT2D eigenvalue weighted by atomic mass is 9.99. The third kappa shape index (κ3) is 6.79. The number of amides is 3. The highest BCUT2D eigenvalue weighted by Gasteiger charge is 2.36. The molecule has 1 aliphatic rings. The van der Waals surface area contributed by atoms with Gasteiger partial charge in [-0.25, -0.2) is 13.2 Å². The Labute approximate surface area is 268 Å². The molecule has 4 aromatic carbocycles. The van der Waals surface area contributed by atoms with E-state index in [0.29, 0.717) is 11.4 Å². The number of anilines is 2. The molecule has 0 radical (unpaired) electrons. The number of methoxy groups -OCH3 is 1. The molecule has 242 valence electrons. The molecule has 0 saturated heterocycles. The van der Waals surface area contributed by atoms with Gasteiger partial charge in [0.1, 0.15) is 11.9 Å². The van der Waals surface area contributed by atoms with Crippen molar-refractivity contribution in [3.63, 3.8) is 0 Å². The molecule has 0 saturated carbocycles. The average molecular weight is 647 g/mol. The Morgan fingerprint density at radius 3 is 2.39 bits per heavy atom. The molecule has 0 fully saturated rings. The smallest absolute Gasteiger partial charge is 0.323 e. The number of carbonyl (C=O) groups is 2. The molecule has 12 heteroatoms. The van der Waals surface area contributed by atoms with E-state index < -0.39 is 28.2 Å². The molecule has 4 aromatic rings. The monoisotopic (exact) mass is 646 g/mol. The summed E-state index contributed by atoms with van der Waals surface area (Å²) in [5, 5.41) is 17.5. The van der Waals surface area contributed by atoms with E-state index in [1.807, 2.05) is 43.3 Å². The lowest BCUT2D eigenvalue weighted by molar-refractivity contribution is 0.0389. The number of para-hydroxylation sites is 1. The highest BCUT2D eigenvalue weighted by atomic mass is 32.2. The minimum atomic E-state index is -3.91. The highest BCUT2D eigenvalue weighted by Crippen LogP contribution is 2.35. The number of benzene rings is 4. The number of hydrogen-bond acceptors (Lipinski definition) is 7. The van der Waals surface area contributed by atoms with Gasteiger partial charge in [0, 0.05) is 24.9 Å². The molecule has 46 heavy (non-hydrogen) atoms. The maximum Gasteiger partial charge on any atom is 0.323 e. The first-order valence-electron chi connectivity index (χ1n) is 14.9. The quantitative estimate of drug-likeness (QED) is 0.232. The van der Waals surface area contributed by atoms with Crippen molar-refractivity contribution < 1.29 is 32.6 Å². The molecule has 0 aliphatic carbocycles. The van der Waals surface area contributed by atoms with Crippen molar-refractivity contribution in [3.05, 3.63) is 90.5 Å². The van der Waals surface area contributed by atoms with Gasteiger partial charge in [0.2, 0.25) is 10.0 Å². The molecule has 11 nitrogen and oxygen atoms in total. The fourth-order valence-electron chi connectivity index (χ4n) is 5.45. The van der Waals surface area contributed by atoms with Crippen LogP contribution in [-0.4, -0.2) is 80.7 Å². The molecular formula is C34H38N4O7S. The topological polar surface area (TPSA) is 138 Å². The summed E-state index contributed by atoms with van der Waals surface area (Å²) in [5.41, 5.74) is 1.02. The normalized spacial score (nSPS) is 17.4. The predicted molar refractivity (Wildman–Crippen MR) is 177 cm³/mol. The van der Waals surface area contributed by atoms with Crippen LogP contribution in [0.25, 0.3) is 10.8 Å². The van der Waals surface area contributed by atoms with Gasteiger partial charge in [-0.2, -0.15) is 4.31 Å². The van der Waals surface area contributed by atoms with E-state index in [-0.39, 0.29) is 53.4 Å². The van der Waals surface area contributed by atoms with Crippen LogP contribution in [0.4, 0.5) is 16.2 Å². The second-order valence-electron chi connectivity index (χ2n) is 11.4. The lowest BCUT2D eigenvalue weighted by Crippen LogP contribution is -2.50. The zero-order valence-electron chi connectivity index (χ0n) is 26.1. The van der Waals surface area contributed by atoms with Gasteiger partial charge in [-0.05, 0) is 54.8 Å². The Morgan fingerprint density at radius 2 is 1.67 bits per heavy atom. The Bertz CT molecular complexity index is 1830. The Kier molecular flexibility index (Phi) is 9.80. The fraction of sp³-hybridized carbons (Fsp3) is 0.294. The zero-order valence-corrected chi connectivity index (χ0v) is 27.0. The van der Waals surface area contributed by atoms with E-state index in [4.69, 9.17) is 9.47 Å². The molecule has 1 aliphatic heterocycles. The predicted octanol–water partition coefficient (Wildman–Crippen LogP) is 5.03. The molecule has 3 N–H and O–H groups in total. The summed E-state index contributed by atoms with van der Waals surface area (Å²) in [6, 6.07) is 23.1. The molecular weight excluding hydrogens is 608 g/mol. The van der Waals surface area contributed by atoms with Crippen LogP contribution in [0, 0.1) is 5.92 Å². The van der Waals surface area contributed by atoms with Crippen molar-refractivity contribution in [2.75, 3.05) is 44.5 Å². The van der Waals surface area contributed by atoms with E-state index in [1.165, 1.54) is 30.6 Å². The highest BCUT2D eigenvalue weighted by molar-refractivity contribution is 7.89. The van der Waals surface area contributed by atoms with Crippen molar-refractivity contribution in [2.45, 2.75) is 30.9 Å². The maximum atomic E-state index is 13.8. The summed E-state index contributed by atoms with van der Waals surface area (Å²) >= 11 is 0. The number of hydrogen-bond donors (Lipinski definition) is 3. The van der Waals surface area contributed by atoms with Crippen LogP contribution in [-0.2, 0) is 10.0 Å². The van der Waals surface area contributed by atoms with E-state index in [0.717, 1.165) is 10.8 Å². The van der Waals surface area contributed by atoms with Gasteiger partial charge in [0.05, 0.1) is 48.1 Å². The minimum absolute atomic E-state index is 0.0545. The number of urea groups is 1. The van der Waals surface area contributed by atoms with Gasteiger partial charge in [-0.3, -0.25) is 4.79 Å². The van der Waals surface area contributed by atoms with Crippen LogP contribution in [0.15, 0.2) is 89.8 Å². The molecule has 0 spiro atoms. The van der Waals surface area contributed by atoms with Crippen molar-refractivity contribution in [1.82, 2.24) is 9.21 Å². The Morgan fingerprint density at radius 1 is 1.02 bits per heavy atom. The van der Waals surface area contributed by atoms with Crippen molar-refractivity contribution >= 4 is 44.1 Å².